The van der Waals surface area contributed by atoms with Crippen molar-refractivity contribution in [2.45, 2.75) is 19.4 Å². The molecule has 0 aliphatic rings. The Kier molecular flexibility index (Phi) is 5.52. The standard InChI is InChI=1S/C14H19N3O2/c1-18-9-5-8-15-11-14-17-16-13(19-14)10-12-6-3-2-4-7-12/h2-4,6-7,15H,5,8-11H2,1H3. The van der Waals surface area contributed by atoms with Crippen molar-refractivity contribution >= 4 is 0 Å². The van der Waals surface area contributed by atoms with Crippen LogP contribution < -0.4 is 5.32 Å². The third-order valence-corrected chi connectivity index (χ3v) is 2.69. The predicted octanol–water partition coefficient (Wildman–Crippen LogP) is 1.79. The highest BCUT2D eigenvalue weighted by molar-refractivity contribution is 5.17. The van der Waals surface area contributed by atoms with E-state index >= 15 is 0 Å². The number of rotatable bonds is 8. The van der Waals surface area contributed by atoms with E-state index in [4.69, 9.17) is 9.15 Å². The molecule has 2 rings (SSSR count). The van der Waals surface area contributed by atoms with Crippen LogP contribution in [0.1, 0.15) is 23.8 Å². The number of hydrogen-bond donors (Lipinski definition) is 1. The molecule has 102 valence electrons. The number of ether oxygens (including phenoxy) is 1. The zero-order valence-corrected chi connectivity index (χ0v) is 11.1. The summed E-state index contributed by atoms with van der Waals surface area (Å²) in [4.78, 5) is 0. The minimum Gasteiger partial charge on any atom is -0.424 e. The summed E-state index contributed by atoms with van der Waals surface area (Å²) in [6.07, 6.45) is 1.65. The van der Waals surface area contributed by atoms with E-state index in [0.29, 0.717) is 24.7 Å². The van der Waals surface area contributed by atoms with Crippen molar-refractivity contribution in [1.29, 1.82) is 0 Å². The Bertz CT molecular complexity index is 471. The first-order valence-electron chi connectivity index (χ1n) is 6.43. The molecule has 0 aliphatic carbocycles. The van der Waals surface area contributed by atoms with E-state index in [1.54, 1.807) is 7.11 Å². The molecule has 1 N–H and O–H groups in total. The molecule has 0 spiro atoms. The number of aromatic nitrogens is 2. The van der Waals surface area contributed by atoms with Gasteiger partial charge in [0.15, 0.2) is 0 Å². The second kappa shape index (κ2) is 7.66. The molecule has 1 aromatic carbocycles. The van der Waals surface area contributed by atoms with Gasteiger partial charge in [0.25, 0.3) is 0 Å². The van der Waals surface area contributed by atoms with Crippen molar-refractivity contribution in [2.24, 2.45) is 0 Å². The van der Waals surface area contributed by atoms with E-state index in [2.05, 4.69) is 15.5 Å². The fraction of sp³-hybridized carbons (Fsp3) is 0.429. The number of benzene rings is 1. The van der Waals surface area contributed by atoms with E-state index in [1.807, 2.05) is 30.3 Å². The lowest BCUT2D eigenvalue weighted by atomic mass is 10.2. The Labute approximate surface area is 113 Å². The lowest BCUT2D eigenvalue weighted by molar-refractivity contribution is 0.194. The van der Waals surface area contributed by atoms with Crippen LogP contribution in [0.25, 0.3) is 0 Å². The second-order valence-corrected chi connectivity index (χ2v) is 4.28. The van der Waals surface area contributed by atoms with Crippen molar-refractivity contribution in [3.05, 3.63) is 47.7 Å². The lowest BCUT2D eigenvalue weighted by Gasteiger charge is -2.00. The molecular formula is C14H19N3O2. The molecule has 0 bridgehead atoms. The maximum atomic E-state index is 5.58. The number of hydrogen-bond acceptors (Lipinski definition) is 5. The first-order chi connectivity index (χ1) is 9.38. The molecule has 5 heteroatoms. The van der Waals surface area contributed by atoms with Crippen LogP contribution in [-0.4, -0.2) is 30.5 Å². The first-order valence-corrected chi connectivity index (χ1v) is 6.43. The van der Waals surface area contributed by atoms with Gasteiger partial charge >= 0.3 is 0 Å². The van der Waals surface area contributed by atoms with Crippen molar-refractivity contribution < 1.29 is 9.15 Å². The van der Waals surface area contributed by atoms with Gasteiger partial charge in [0.05, 0.1) is 13.0 Å². The maximum Gasteiger partial charge on any atom is 0.230 e. The normalized spacial score (nSPS) is 10.8. The minimum atomic E-state index is 0.603. The number of nitrogens with zero attached hydrogens (tertiary/aromatic N) is 2. The Morgan fingerprint density at radius 1 is 1.16 bits per heavy atom. The molecule has 0 unspecified atom stereocenters. The van der Waals surface area contributed by atoms with Crippen LogP contribution in [0.3, 0.4) is 0 Å². The molecule has 0 radical (unpaired) electrons. The van der Waals surface area contributed by atoms with Crippen LogP contribution in [0.2, 0.25) is 0 Å². The highest BCUT2D eigenvalue weighted by Gasteiger charge is 2.06. The minimum absolute atomic E-state index is 0.603. The van der Waals surface area contributed by atoms with Crippen molar-refractivity contribution in [1.82, 2.24) is 15.5 Å². The van der Waals surface area contributed by atoms with Gasteiger partial charge in [0.2, 0.25) is 11.8 Å². The third kappa shape index (κ3) is 4.81. The van der Waals surface area contributed by atoms with E-state index in [1.165, 1.54) is 5.56 Å². The van der Waals surface area contributed by atoms with Gasteiger partial charge in [-0.05, 0) is 18.5 Å². The Hall–Kier alpha value is -1.72. The highest BCUT2D eigenvalue weighted by atomic mass is 16.5. The zero-order chi connectivity index (χ0) is 13.3. The van der Waals surface area contributed by atoms with Crippen LogP contribution in [-0.2, 0) is 17.7 Å². The predicted molar refractivity (Wildman–Crippen MR) is 71.7 cm³/mol. The van der Waals surface area contributed by atoms with Gasteiger partial charge in [-0.2, -0.15) is 0 Å². The fourth-order valence-electron chi connectivity index (χ4n) is 1.74. The Morgan fingerprint density at radius 2 is 1.95 bits per heavy atom. The highest BCUT2D eigenvalue weighted by Crippen LogP contribution is 2.07. The number of nitrogens with one attached hydrogen (secondary N) is 1. The summed E-state index contributed by atoms with van der Waals surface area (Å²) in [5, 5.41) is 11.3. The first kappa shape index (κ1) is 13.7. The summed E-state index contributed by atoms with van der Waals surface area (Å²) in [6.45, 7) is 2.24. The SMILES string of the molecule is COCCCNCc1nnc(Cc2ccccc2)o1. The molecule has 1 aromatic heterocycles. The largest absolute Gasteiger partial charge is 0.424 e. The van der Waals surface area contributed by atoms with Gasteiger partial charge in [-0.1, -0.05) is 30.3 Å². The van der Waals surface area contributed by atoms with Crippen LogP contribution in [0.4, 0.5) is 0 Å². The summed E-state index contributed by atoms with van der Waals surface area (Å²) in [5.41, 5.74) is 1.17. The molecular weight excluding hydrogens is 242 g/mol. The van der Waals surface area contributed by atoms with Gasteiger partial charge in [-0.15, -0.1) is 10.2 Å². The van der Waals surface area contributed by atoms with Crippen LogP contribution in [0.5, 0.6) is 0 Å². The molecule has 19 heavy (non-hydrogen) atoms. The smallest absolute Gasteiger partial charge is 0.230 e. The van der Waals surface area contributed by atoms with Crippen LogP contribution in [0, 0.1) is 0 Å². The summed E-state index contributed by atoms with van der Waals surface area (Å²) >= 11 is 0. The van der Waals surface area contributed by atoms with Gasteiger partial charge in [-0.25, -0.2) is 0 Å². The average molecular weight is 261 g/mol. The van der Waals surface area contributed by atoms with Gasteiger partial charge in [0.1, 0.15) is 0 Å². The molecule has 0 fully saturated rings. The maximum absolute atomic E-state index is 5.58. The summed E-state index contributed by atoms with van der Waals surface area (Å²) in [6, 6.07) is 10.1. The van der Waals surface area contributed by atoms with Crippen molar-refractivity contribution in [3.8, 4) is 0 Å². The topological polar surface area (TPSA) is 60.2 Å². The second-order valence-electron chi connectivity index (χ2n) is 4.28. The molecule has 0 saturated carbocycles. The van der Waals surface area contributed by atoms with Crippen LogP contribution in [0.15, 0.2) is 34.7 Å². The van der Waals surface area contributed by atoms with Gasteiger partial charge in [0, 0.05) is 13.7 Å². The quantitative estimate of drug-likeness (QED) is 0.734. The van der Waals surface area contributed by atoms with Crippen LogP contribution >= 0.6 is 0 Å². The molecule has 2 aromatic rings. The molecule has 0 amide bonds. The summed E-state index contributed by atoms with van der Waals surface area (Å²) < 4.78 is 10.6. The van der Waals surface area contributed by atoms with Gasteiger partial charge in [-0.3, -0.25) is 0 Å². The van der Waals surface area contributed by atoms with E-state index in [0.717, 1.165) is 19.6 Å². The average Bonchev–Trinajstić information content (AvgIpc) is 2.87. The van der Waals surface area contributed by atoms with E-state index < -0.39 is 0 Å². The van der Waals surface area contributed by atoms with Gasteiger partial charge < -0.3 is 14.5 Å². The lowest BCUT2D eigenvalue weighted by Crippen LogP contribution is -2.16. The molecule has 0 saturated heterocycles. The van der Waals surface area contributed by atoms with Crippen molar-refractivity contribution in [2.75, 3.05) is 20.3 Å². The molecule has 0 aliphatic heterocycles. The summed E-state index contributed by atoms with van der Waals surface area (Å²) in [7, 11) is 1.70. The van der Waals surface area contributed by atoms with Crippen molar-refractivity contribution in [3.63, 3.8) is 0 Å². The molecule has 5 nitrogen and oxygen atoms in total. The summed E-state index contributed by atoms with van der Waals surface area (Å²) in [5.74, 6) is 1.28. The zero-order valence-electron chi connectivity index (χ0n) is 11.1. The molecule has 0 atom stereocenters. The van der Waals surface area contributed by atoms with E-state index in [9.17, 15) is 0 Å². The Morgan fingerprint density at radius 3 is 2.74 bits per heavy atom. The Balaban J connectivity index is 1.76. The number of methoxy groups -OCH3 is 1. The fourth-order valence-corrected chi connectivity index (χ4v) is 1.74. The monoisotopic (exact) mass is 261 g/mol. The molecule has 1 heterocycles. The van der Waals surface area contributed by atoms with E-state index in [-0.39, 0.29) is 0 Å². The third-order valence-electron chi connectivity index (χ3n) is 2.69.